The molecule has 2 rings (SSSR count). The molecule has 1 aromatic rings. The average molecular weight is 294 g/mol. The van der Waals surface area contributed by atoms with Gasteiger partial charge in [-0.2, -0.15) is 4.31 Å². The van der Waals surface area contributed by atoms with Gasteiger partial charge in [-0.25, -0.2) is 8.42 Å². The van der Waals surface area contributed by atoms with E-state index in [1.165, 1.54) is 11.3 Å². The van der Waals surface area contributed by atoms with Crippen LogP contribution in [0.15, 0.2) is 11.0 Å². The summed E-state index contributed by atoms with van der Waals surface area (Å²) >= 11 is 7.22. The number of nitrogens with zero attached hydrogens (tertiary/aromatic N) is 1. The van der Waals surface area contributed by atoms with E-state index in [2.05, 4.69) is 0 Å². The van der Waals surface area contributed by atoms with Gasteiger partial charge in [0.1, 0.15) is 0 Å². The summed E-state index contributed by atoms with van der Waals surface area (Å²) in [6.45, 7) is 3.14. The molecule has 0 bridgehead atoms. The zero-order valence-corrected chi connectivity index (χ0v) is 12.2. The fourth-order valence-corrected chi connectivity index (χ4v) is 5.30. The van der Waals surface area contributed by atoms with E-state index in [1.807, 2.05) is 6.92 Å². The monoisotopic (exact) mass is 293 g/mol. The number of aryl methyl sites for hydroxylation is 1. The Morgan fingerprint density at radius 2 is 2.00 bits per heavy atom. The predicted octanol–water partition coefficient (Wildman–Crippen LogP) is 2.97. The van der Waals surface area contributed by atoms with Crippen LogP contribution in [0.2, 0.25) is 0 Å². The Hall–Kier alpha value is -0.100. The zero-order chi connectivity index (χ0) is 12.5. The number of rotatable bonds is 3. The molecule has 0 atom stereocenters. The van der Waals surface area contributed by atoms with Crippen LogP contribution >= 0.6 is 22.9 Å². The molecule has 0 unspecified atom stereocenters. The Labute approximate surface area is 111 Å². The number of sulfonamides is 1. The Bertz CT molecular complexity index is 490. The molecular formula is C11H16ClNO2S2. The fraction of sp³-hybridized carbons (Fsp3) is 0.636. The summed E-state index contributed by atoms with van der Waals surface area (Å²) < 4.78 is 26.5. The summed E-state index contributed by atoms with van der Waals surface area (Å²) in [5.41, 5.74) is 0. The van der Waals surface area contributed by atoms with Gasteiger partial charge in [0.05, 0.1) is 10.8 Å². The minimum Gasteiger partial charge on any atom is -0.207 e. The maximum Gasteiger partial charge on any atom is 0.244 e. The van der Waals surface area contributed by atoms with Crippen molar-refractivity contribution in [1.29, 1.82) is 0 Å². The van der Waals surface area contributed by atoms with Crippen LogP contribution in [-0.2, 0) is 15.9 Å². The van der Waals surface area contributed by atoms with Gasteiger partial charge in [-0.05, 0) is 25.8 Å². The van der Waals surface area contributed by atoms with E-state index in [-0.39, 0.29) is 0 Å². The molecule has 1 saturated heterocycles. The second kappa shape index (κ2) is 5.26. The molecule has 1 aliphatic heterocycles. The molecule has 1 aliphatic rings. The molecular weight excluding hydrogens is 278 g/mol. The standard InChI is InChI=1S/C11H16ClNO2S2/c1-9-11(7-10(8-12)16-9)17(14,15)13-5-3-2-4-6-13/h7H,2-6,8H2,1H3. The molecule has 0 saturated carbocycles. The summed E-state index contributed by atoms with van der Waals surface area (Å²) in [4.78, 5) is 2.20. The highest BCUT2D eigenvalue weighted by Crippen LogP contribution is 2.30. The Morgan fingerprint density at radius 1 is 1.35 bits per heavy atom. The van der Waals surface area contributed by atoms with Crippen molar-refractivity contribution in [3.63, 3.8) is 0 Å². The molecule has 96 valence electrons. The molecule has 0 N–H and O–H groups in total. The van der Waals surface area contributed by atoms with Crippen molar-refractivity contribution in [2.24, 2.45) is 0 Å². The maximum absolute atomic E-state index is 12.4. The summed E-state index contributed by atoms with van der Waals surface area (Å²) in [5, 5.41) is 0. The smallest absolute Gasteiger partial charge is 0.207 e. The van der Waals surface area contributed by atoms with Crippen molar-refractivity contribution >= 4 is 33.0 Å². The molecule has 6 heteroatoms. The summed E-state index contributed by atoms with van der Waals surface area (Å²) in [6.07, 6.45) is 3.05. The number of halogens is 1. The second-order valence-corrected chi connectivity index (χ2v) is 7.75. The molecule has 0 aliphatic carbocycles. The summed E-state index contributed by atoms with van der Waals surface area (Å²) in [6, 6.07) is 1.72. The number of hydrogen-bond donors (Lipinski definition) is 0. The highest BCUT2D eigenvalue weighted by molar-refractivity contribution is 7.89. The lowest BCUT2D eigenvalue weighted by molar-refractivity contribution is 0.346. The minimum absolute atomic E-state index is 0.376. The van der Waals surface area contributed by atoms with E-state index >= 15 is 0 Å². The van der Waals surface area contributed by atoms with Gasteiger partial charge < -0.3 is 0 Å². The lowest BCUT2D eigenvalue weighted by Crippen LogP contribution is -2.35. The third-order valence-electron chi connectivity index (χ3n) is 2.99. The lowest BCUT2D eigenvalue weighted by Gasteiger charge is -2.25. The zero-order valence-electron chi connectivity index (χ0n) is 9.78. The third-order valence-corrected chi connectivity index (χ3v) is 6.64. The quantitative estimate of drug-likeness (QED) is 0.804. The molecule has 0 spiro atoms. The Morgan fingerprint density at radius 3 is 2.53 bits per heavy atom. The van der Waals surface area contributed by atoms with Crippen LogP contribution in [0.1, 0.15) is 29.0 Å². The van der Waals surface area contributed by atoms with Crippen molar-refractivity contribution in [2.45, 2.75) is 37.0 Å². The predicted molar refractivity (Wildman–Crippen MR) is 71.2 cm³/mol. The van der Waals surface area contributed by atoms with Crippen LogP contribution in [0.4, 0.5) is 0 Å². The van der Waals surface area contributed by atoms with Crippen LogP contribution in [-0.4, -0.2) is 25.8 Å². The maximum atomic E-state index is 12.4. The molecule has 0 aromatic carbocycles. The van der Waals surface area contributed by atoms with Crippen molar-refractivity contribution in [2.75, 3.05) is 13.1 Å². The normalized spacial score (nSPS) is 18.5. The van der Waals surface area contributed by atoms with Gasteiger partial charge in [0, 0.05) is 22.8 Å². The van der Waals surface area contributed by atoms with E-state index in [4.69, 9.17) is 11.6 Å². The SMILES string of the molecule is Cc1sc(CCl)cc1S(=O)(=O)N1CCCCC1. The molecule has 0 amide bonds. The minimum atomic E-state index is -3.30. The topological polar surface area (TPSA) is 37.4 Å². The lowest BCUT2D eigenvalue weighted by atomic mass is 10.2. The first kappa shape index (κ1) is 13.3. The van der Waals surface area contributed by atoms with Crippen LogP contribution in [0.25, 0.3) is 0 Å². The molecule has 3 nitrogen and oxygen atoms in total. The van der Waals surface area contributed by atoms with Gasteiger partial charge in [-0.15, -0.1) is 22.9 Å². The van der Waals surface area contributed by atoms with E-state index in [1.54, 1.807) is 10.4 Å². The van der Waals surface area contributed by atoms with Gasteiger partial charge in [0.25, 0.3) is 0 Å². The van der Waals surface area contributed by atoms with E-state index in [0.29, 0.717) is 23.9 Å². The first-order chi connectivity index (χ1) is 8.05. The highest BCUT2D eigenvalue weighted by Gasteiger charge is 2.28. The van der Waals surface area contributed by atoms with Gasteiger partial charge in [-0.1, -0.05) is 6.42 Å². The van der Waals surface area contributed by atoms with Gasteiger partial charge in [0.15, 0.2) is 0 Å². The van der Waals surface area contributed by atoms with Crippen LogP contribution in [0, 0.1) is 6.92 Å². The summed E-state index contributed by atoms with van der Waals surface area (Å²) in [7, 11) is -3.30. The number of thiophene rings is 1. The van der Waals surface area contributed by atoms with Gasteiger partial charge in [0.2, 0.25) is 10.0 Å². The highest BCUT2D eigenvalue weighted by atomic mass is 35.5. The molecule has 17 heavy (non-hydrogen) atoms. The first-order valence-electron chi connectivity index (χ1n) is 5.71. The first-order valence-corrected chi connectivity index (χ1v) is 8.50. The van der Waals surface area contributed by atoms with Gasteiger partial charge >= 0.3 is 0 Å². The van der Waals surface area contributed by atoms with E-state index in [9.17, 15) is 8.42 Å². The largest absolute Gasteiger partial charge is 0.244 e. The number of piperidine rings is 1. The number of hydrogen-bond acceptors (Lipinski definition) is 3. The van der Waals surface area contributed by atoms with Crippen LogP contribution in [0.5, 0.6) is 0 Å². The van der Waals surface area contributed by atoms with E-state index in [0.717, 1.165) is 29.0 Å². The Kier molecular flexibility index (Phi) is 4.13. The van der Waals surface area contributed by atoms with Crippen molar-refractivity contribution in [3.8, 4) is 0 Å². The molecule has 0 radical (unpaired) electrons. The second-order valence-electron chi connectivity index (χ2n) is 4.23. The van der Waals surface area contributed by atoms with Crippen LogP contribution in [0.3, 0.4) is 0 Å². The van der Waals surface area contributed by atoms with Crippen molar-refractivity contribution < 1.29 is 8.42 Å². The van der Waals surface area contributed by atoms with Gasteiger partial charge in [-0.3, -0.25) is 0 Å². The molecule has 1 fully saturated rings. The Balaban J connectivity index is 2.33. The molecule has 2 heterocycles. The number of alkyl halides is 1. The van der Waals surface area contributed by atoms with Crippen LogP contribution < -0.4 is 0 Å². The third kappa shape index (κ3) is 2.67. The summed E-state index contributed by atoms with van der Waals surface area (Å²) in [5.74, 6) is 0.376. The molecule has 1 aromatic heterocycles. The van der Waals surface area contributed by atoms with Crippen molar-refractivity contribution in [3.05, 3.63) is 15.8 Å². The average Bonchev–Trinajstić information content (AvgIpc) is 2.72. The van der Waals surface area contributed by atoms with E-state index < -0.39 is 10.0 Å². The van der Waals surface area contributed by atoms with Crippen molar-refractivity contribution in [1.82, 2.24) is 4.31 Å². The fourth-order valence-electron chi connectivity index (χ4n) is 2.09.